The summed E-state index contributed by atoms with van der Waals surface area (Å²) in [5, 5.41) is 11.5. The van der Waals surface area contributed by atoms with Crippen LogP contribution in [0, 0.1) is 11.3 Å². The van der Waals surface area contributed by atoms with E-state index in [1.807, 2.05) is 6.07 Å². The first kappa shape index (κ1) is 12.7. The van der Waals surface area contributed by atoms with Crippen molar-refractivity contribution in [3.8, 4) is 6.07 Å². The molecule has 19 heavy (non-hydrogen) atoms. The fourth-order valence-corrected chi connectivity index (χ4v) is 1.56. The van der Waals surface area contributed by atoms with Crippen molar-refractivity contribution in [1.82, 2.24) is 15.3 Å². The minimum absolute atomic E-state index is 0.0803. The molecule has 0 fully saturated rings. The lowest BCUT2D eigenvalue weighted by atomic mass is 10.1. The summed E-state index contributed by atoms with van der Waals surface area (Å²) in [6, 6.07) is 10.8. The first-order valence-electron chi connectivity index (χ1n) is 5.78. The molecule has 1 amide bonds. The lowest BCUT2D eigenvalue weighted by Crippen LogP contribution is -2.24. The number of hydrogen-bond acceptors (Lipinski definition) is 4. The van der Waals surface area contributed by atoms with E-state index in [0.29, 0.717) is 12.1 Å². The van der Waals surface area contributed by atoms with Crippen LogP contribution < -0.4 is 5.32 Å². The Hall–Kier alpha value is -2.74. The van der Waals surface area contributed by atoms with Crippen LogP contribution in [0.3, 0.4) is 0 Å². The molecule has 1 N–H and O–H groups in total. The summed E-state index contributed by atoms with van der Waals surface area (Å²) in [5.74, 6) is -0.0803. The number of carbonyl (C=O) groups excluding carboxylic acids is 1. The van der Waals surface area contributed by atoms with Crippen LogP contribution in [-0.4, -0.2) is 15.9 Å². The topological polar surface area (TPSA) is 78.7 Å². The molecule has 2 aromatic rings. The molecule has 1 heterocycles. The van der Waals surface area contributed by atoms with Gasteiger partial charge in [-0.25, -0.2) is 9.97 Å². The van der Waals surface area contributed by atoms with Gasteiger partial charge in [0.1, 0.15) is 6.33 Å². The van der Waals surface area contributed by atoms with E-state index in [9.17, 15) is 4.79 Å². The second-order valence-corrected chi connectivity index (χ2v) is 3.96. The number of amides is 1. The van der Waals surface area contributed by atoms with Crippen LogP contribution in [0.15, 0.2) is 42.9 Å². The standard InChI is InChI=1S/C14H12N4O/c15-8-12-3-1-11(2-4-12)7-14(19)17-9-13-5-6-16-10-18-13/h1-6,10H,7,9H2,(H,17,19). The van der Waals surface area contributed by atoms with Crippen molar-refractivity contribution >= 4 is 5.91 Å². The van der Waals surface area contributed by atoms with E-state index in [4.69, 9.17) is 5.26 Å². The van der Waals surface area contributed by atoms with Crippen LogP contribution in [0.4, 0.5) is 0 Å². The van der Waals surface area contributed by atoms with E-state index in [0.717, 1.165) is 11.3 Å². The summed E-state index contributed by atoms with van der Waals surface area (Å²) in [6.45, 7) is 0.387. The molecule has 5 heteroatoms. The lowest BCUT2D eigenvalue weighted by molar-refractivity contribution is -0.120. The monoisotopic (exact) mass is 252 g/mol. The predicted molar refractivity (Wildman–Crippen MR) is 68.7 cm³/mol. The molecule has 0 aliphatic carbocycles. The highest BCUT2D eigenvalue weighted by molar-refractivity contribution is 5.78. The van der Waals surface area contributed by atoms with Gasteiger partial charge in [0.05, 0.1) is 30.3 Å². The van der Waals surface area contributed by atoms with Crippen LogP contribution >= 0.6 is 0 Å². The van der Waals surface area contributed by atoms with Gasteiger partial charge in [-0.1, -0.05) is 12.1 Å². The van der Waals surface area contributed by atoms with Crippen molar-refractivity contribution in [2.24, 2.45) is 0 Å². The van der Waals surface area contributed by atoms with Crippen molar-refractivity contribution in [2.75, 3.05) is 0 Å². The third kappa shape index (κ3) is 3.89. The lowest BCUT2D eigenvalue weighted by Gasteiger charge is -2.04. The first-order valence-corrected chi connectivity index (χ1v) is 5.78. The summed E-state index contributed by atoms with van der Waals surface area (Å²) in [5.41, 5.74) is 2.23. The van der Waals surface area contributed by atoms with Crippen LogP contribution in [0.5, 0.6) is 0 Å². The minimum atomic E-state index is -0.0803. The van der Waals surface area contributed by atoms with Crippen molar-refractivity contribution in [1.29, 1.82) is 5.26 Å². The summed E-state index contributed by atoms with van der Waals surface area (Å²) in [6.07, 6.45) is 3.37. The second-order valence-electron chi connectivity index (χ2n) is 3.96. The van der Waals surface area contributed by atoms with Crippen LogP contribution in [0.25, 0.3) is 0 Å². The summed E-state index contributed by atoms with van der Waals surface area (Å²) in [7, 11) is 0. The van der Waals surface area contributed by atoms with Gasteiger partial charge in [0.25, 0.3) is 0 Å². The highest BCUT2D eigenvalue weighted by Crippen LogP contribution is 2.04. The number of rotatable bonds is 4. The van der Waals surface area contributed by atoms with E-state index >= 15 is 0 Å². The van der Waals surface area contributed by atoms with Crippen LogP contribution in [-0.2, 0) is 17.8 Å². The highest BCUT2D eigenvalue weighted by atomic mass is 16.1. The van der Waals surface area contributed by atoms with Crippen molar-refractivity contribution in [3.05, 3.63) is 59.7 Å². The zero-order chi connectivity index (χ0) is 13.5. The quantitative estimate of drug-likeness (QED) is 0.887. The number of carbonyl (C=O) groups is 1. The Kier molecular flexibility index (Phi) is 4.19. The Balaban J connectivity index is 1.86. The van der Waals surface area contributed by atoms with Gasteiger partial charge in [-0.05, 0) is 23.8 Å². The molecule has 94 valence electrons. The van der Waals surface area contributed by atoms with Crippen molar-refractivity contribution in [2.45, 2.75) is 13.0 Å². The smallest absolute Gasteiger partial charge is 0.224 e. The number of nitriles is 1. The van der Waals surface area contributed by atoms with Gasteiger partial charge in [-0.2, -0.15) is 5.26 Å². The molecule has 0 radical (unpaired) electrons. The molecular weight excluding hydrogens is 240 g/mol. The van der Waals surface area contributed by atoms with Gasteiger partial charge in [-0.3, -0.25) is 4.79 Å². The van der Waals surface area contributed by atoms with E-state index in [-0.39, 0.29) is 12.3 Å². The SMILES string of the molecule is N#Cc1ccc(CC(=O)NCc2ccncn2)cc1. The van der Waals surface area contributed by atoms with E-state index in [2.05, 4.69) is 15.3 Å². The third-order valence-electron chi connectivity index (χ3n) is 2.56. The Morgan fingerprint density at radius 3 is 2.68 bits per heavy atom. The molecule has 5 nitrogen and oxygen atoms in total. The normalized spacial score (nSPS) is 9.63. The van der Waals surface area contributed by atoms with Crippen molar-refractivity contribution in [3.63, 3.8) is 0 Å². The number of aromatic nitrogens is 2. The summed E-state index contributed by atoms with van der Waals surface area (Å²) >= 11 is 0. The van der Waals surface area contributed by atoms with Crippen molar-refractivity contribution < 1.29 is 4.79 Å². The molecule has 0 atom stereocenters. The number of nitrogens with zero attached hydrogens (tertiary/aromatic N) is 3. The molecule has 1 aromatic heterocycles. The fraction of sp³-hybridized carbons (Fsp3) is 0.143. The van der Waals surface area contributed by atoms with E-state index in [1.165, 1.54) is 6.33 Å². The van der Waals surface area contributed by atoms with Gasteiger partial charge in [0.15, 0.2) is 0 Å². The largest absolute Gasteiger partial charge is 0.350 e. The summed E-state index contributed by atoms with van der Waals surface area (Å²) in [4.78, 5) is 19.5. The summed E-state index contributed by atoms with van der Waals surface area (Å²) < 4.78 is 0. The molecule has 0 bridgehead atoms. The van der Waals surface area contributed by atoms with Gasteiger partial charge < -0.3 is 5.32 Å². The Labute approximate surface area is 110 Å². The average Bonchev–Trinajstić information content (AvgIpc) is 2.47. The molecule has 0 aliphatic heterocycles. The molecule has 0 saturated heterocycles. The fourth-order valence-electron chi connectivity index (χ4n) is 1.56. The zero-order valence-electron chi connectivity index (χ0n) is 10.2. The minimum Gasteiger partial charge on any atom is -0.350 e. The van der Waals surface area contributed by atoms with E-state index in [1.54, 1.807) is 36.5 Å². The zero-order valence-corrected chi connectivity index (χ0v) is 10.2. The number of nitrogens with one attached hydrogen (secondary N) is 1. The first-order chi connectivity index (χ1) is 9.28. The molecule has 0 spiro atoms. The van der Waals surface area contributed by atoms with Gasteiger partial charge in [-0.15, -0.1) is 0 Å². The third-order valence-corrected chi connectivity index (χ3v) is 2.56. The van der Waals surface area contributed by atoms with Crippen LogP contribution in [0.2, 0.25) is 0 Å². The van der Waals surface area contributed by atoms with Crippen LogP contribution in [0.1, 0.15) is 16.8 Å². The average molecular weight is 252 g/mol. The Morgan fingerprint density at radius 2 is 2.05 bits per heavy atom. The molecular formula is C14H12N4O. The molecule has 2 rings (SSSR count). The molecule has 0 saturated carbocycles. The highest BCUT2D eigenvalue weighted by Gasteiger charge is 2.03. The number of hydrogen-bond donors (Lipinski definition) is 1. The Morgan fingerprint density at radius 1 is 1.26 bits per heavy atom. The predicted octanol–water partition coefficient (Wildman–Crippen LogP) is 1.21. The maximum atomic E-state index is 11.7. The van der Waals surface area contributed by atoms with E-state index < -0.39 is 0 Å². The molecule has 0 aliphatic rings. The van der Waals surface area contributed by atoms with Gasteiger partial charge in [0, 0.05) is 6.20 Å². The number of benzene rings is 1. The maximum Gasteiger partial charge on any atom is 0.224 e. The molecule has 1 aromatic carbocycles. The van der Waals surface area contributed by atoms with Gasteiger partial charge in [0.2, 0.25) is 5.91 Å². The van der Waals surface area contributed by atoms with Gasteiger partial charge >= 0.3 is 0 Å². The maximum absolute atomic E-state index is 11.7. The Bertz CT molecular complexity index is 587. The molecule has 0 unspecified atom stereocenters. The second kappa shape index (κ2) is 6.26.